The molecule has 0 saturated heterocycles. The molecule has 0 aliphatic carbocycles. The van der Waals surface area contributed by atoms with Crippen molar-refractivity contribution in [1.29, 1.82) is 0 Å². The Morgan fingerprint density at radius 3 is 2.25 bits per heavy atom. The molecular weight excluding hydrogens is 200 g/mol. The molecule has 0 bridgehead atoms. The monoisotopic (exact) mass is 222 g/mol. The number of phenols is 1. The minimum atomic E-state index is -0.401. The third-order valence-electron chi connectivity index (χ3n) is 3.13. The summed E-state index contributed by atoms with van der Waals surface area (Å²) in [4.78, 5) is 0. The van der Waals surface area contributed by atoms with Crippen molar-refractivity contribution in [2.75, 3.05) is 6.61 Å². The summed E-state index contributed by atoms with van der Waals surface area (Å²) < 4.78 is 0. The molecule has 1 aromatic rings. The van der Waals surface area contributed by atoms with Gasteiger partial charge in [-0.2, -0.15) is 0 Å². The topological polar surface area (TPSA) is 40.5 Å². The van der Waals surface area contributed by atoms with Crippen LogP contribution in [0, 0.1) is 6.92 Å². The van der Waals surface area contributed by atoms with Crippen molar-refractivity contribution < 1.29 is 10.2 Å². The number of aryl methyl sites for hydroxylation is 1. The van der Waals surface area contributed by atoms with Gasteiger partial charge in [-0.1, -0.05) is 33.8 Å². The average Bonchev–Trinajstić information content (AvgIpc) is 2.16. The summed E-state index contributed by atoms with van der Waals surface area (Å²) in [6.07, 6.45) is 0. The zero-order valence-electron chi connectivity index (χ0n) is 10.8. The van der Waals surface area contributed by atoms with E-state index >= 15 is 0 Å². The predicted molar refractivity (Wildman–Crippen MR) is 67.0 cm³/mol. The highest BCUT2D eigenvalue weighted by molar-refractivity contribution is 5.46. The summed E-state index contributed by atoms with van der Waals surface area (Å²) >= 11 is 0. The molecule has 0 saturated carbocycles. The molecule has 0 aliphatic heterocycles. The smallest absolute Gasteiger partial charge is 0.119 e. The SMILES string of the molecule is Cc1cc(O)c(C(C)(C)CO)cc1C(C)C. The predicted octanol–water partition coefficient (Wildman–Crippen LogP) is 3.09. The lowest BCUT2D eigenvalue weighted by molar-refractivity contribution is 0.215. The minimum Gasteiger partial charge on any atom is -0.508 e. The normalized spacial score (nSPS) is 12.2. The highest BCUT2D eigenvalue weighted by atomic mass is 16.3. The summed E-state index contributed by atoms with van der Waals surface area (Å²) in [7, 11) is 0. The van der Waals surface area contributed by atoms with Crippen molar-refractivity contribution in [1.82, 2.24) is 0 Å². The number of aromatic hydroxyl groups is 1. The van der Waals surface area contributed by atoms with Crippen molar-refractivity contribution >= 4 is 0 Å². The summed E-state index contributed by atoms with van der Waals surface area (Å²) in [6, 6.07) is 3.81. The third-order valence-corrected chi connectivity index (χ3v) is 3.13. The van der Waals surface area contributed by atoms with Gasteiger partial charge < -0.3 is 10.2 Å². The molecule has 0 atom stereocenters. The number of rotatable bonds is 3. The lowest BCUT2D eigenvalue weighted by Gasteiger charge is -2.25. The first kappa shape index (κ1) is 13.0. The average molecular weight is 222 g/mol. The molecule has 0 heterocycles. The van der Waals surface area contributed by atoms with Crippen LogP contribution in [0.1, 0.15) is 50.3 Å². The second kappa shape index (κ2) is 4.46. The van der Waals surface area contributed by atoms with Gasteiger partial charge in [-0.15, -0.1) is 0 Å². The van der Waals surface area contributed by atoms with Crippen LogP contribution in [0.4, 0.5) is 0 Å². The Bertz CT molecular complexity index is 379. The van der Waals surface area contributed by atoms with Crippen LogP contribution < -0.4 is 0 Å². The van der Waals surface area contributed by atoms with Gasteiger partial charge in [0.2, 0.25) is 0 Å². The number of hydrogen-bond donors (Lipinski definition) is 2. The van der Waals surface area contributed by atoms with E-state index in [9.17, 15) is 10.2 Å². The number of aliphatic hydroxyl groups is 1. The van der Waals surface area contributed by atoms with Crippen molar-refractivity contribution in [3.05, 3.63) is 28.8 Å². The summed E-state index contributed by atoms with van der Waals surface area (Å²) in [5.74, 6) is 0.704. The second-order valence-corrected chi connectivity index (χ2v) is 5.42. The Labute approximate surface area is 97.9 Å². The zero-order chi connectivity index (χ0) is 12.5. The van der Waals surface area contributed by atoms with Crippen LogP contribution in [0.5, 0.6) is 5.75 Å². The van der Waals surface area contributed by atoms with Crippen LogP contribution in [0.25, 0.3) is 0 Å². The number of aliphatic hydroxyl groups excluding tert-OH is 1. The Hall–Kier alpha value is -1.02. The molecule has 0 aromatic heterocycles. The molecular formula is C14H22O2. The van der Waals surface area contributed by atoms with E-state index in [2.05, 4.69) is 13.8 Å². The van der Waals surface area contributed by atoms with Crippen molar-refractivity contribution in [2.45, 2.75) is 46.0 Å². The highest BCUT2D eigenvalue weighted by Crippen LogP contribution is 2.35. The summed E-state index contributed by atoms with van der Waals surface area (Å²) in [6.45, 7) is 10.2. The van der Waals surface area contributed by atoms with Crippen molar-refractivity contribution in [3.63, 3.8) is 0 Å². The standard InChI is InChI=1S/C14H22O2/c1-9(2)11-7-12(14(4,5)8-15)13(16)6-10(11)3/h6-7,9,15-16H,8H2,1-5H3. The molecule has 90 valence electrons. The molecule has 16 heavy (non-hydrogen) atoms. The Morgan fingerprint density at radius 1 is 1.25 bits per heavy atom. The Balaban J connectivity index is 3.36. The van der Waals surface area contributed by atoms with Crippen LogP contribution in [0.3, 0.4) is 0 Å². The first-order valence-electron chi connectivity index (χ1n) is 5.74. The van der Waals surface area contributed by atoms with Crippen LogP contribution in [0.15, 0.2) is 12.1 Å². The molecule has 1 aromatic carbocycles. The molecule has 0 unspecified atom stereocenters. The van der Waals surface area contributed by atoms with Crippen LogP contribution in [-0.4, -0.2) is 16.8 Å². The van der Waals surface area contributed by atoms with E-state index in [1.54, 1.807) is 6.07 Å². The number of phenolic OH excluding ortho intramolecular Hbond substituents is 1. The Morgan fingerprint density at radius 2 is 1.81 bits per heavy atom. The molecule has 0 fully saturated rings. The quantitative estimate of drug-likeness (QED) is 0.825. The summed E-state index contributed by atoms with van der Waals surface area (Å²) in [5, 5.41) is 19.3. The van der Waals surface area contributed by atoms with Gasteiger partial charge in [-0.05, 0) is 30.0 Å². The van der Waals surface area contributed by atoms with Gasteiger partial charge in [0.25, 0.3) is 0 Å². The first-order chi connectivity index (χ1) is 7.29. The Kier molecular flexibility index (Phi) is 3.64. The number of benzene rings is 1. The lowest BCUT2D eigenvalue weighted by Crippen LogP contribution is -2.22. The van der Waals surface area contributed by atoms with E-state index in [1.165, 1.54) is 5.56 Å². The van der Waals surface area contributed by atoms with E-state index in [1.807, 2.05) is 26.8 Å². The summed E-state index contributed by atoms with van der Waals surface area (Å²) in [5.41, 5.74) is 2.75. The fourth-order valence-electron chi connectivity index (χ4n) is 1.96. The third kappa shape index (κ3) is 2.38. The zero-order valence-corrected chi connectivity index (χ0v) is 10.8. The largest absolute Gasteiger partial charge is 0.508 e. The molecule has 2 N–H and O–H groups in total. The number of hydrogen-bond acceptors (Lipinski definition) is 2. The van der Waals surface area contributed by atoms with Gasteiger partial charge in [0, 0.05) is 11.0 Å². The minimum absolute atomic E-state index is 0.0289. The fourth-order valence-corrected chi connectivity index (χ4v) is 1.96. The fraction of sp³-hybridized carbons (Fsp3) is 0.571. The van der Waals surface area contributed by atoms with Crippen LogP contribution in [0.2, 0.25) is 0 Å². The molecule has 2 nitrogen and oxygen atoms in total. The lowest BCUT2D eigenvalue weighted by atomic mass is 9.82. The van der Waals surface area contributed by atoms with Gasteiger partial charge >= 0.3 is 0 Å². The van der Waals surface area contributed by atoms with E-state index in [-0.39, 0.29) is 12.4 Å². The maximum absolute atomic E-state index is 9.95. The second-order valence-electron chi connectivity index (χ2n) is 5.42. The van der Waals surface area contributed by atoms with Crippen LogP contribution in [-0.2, 0) is 5.41 Å². The van der Waals surface area contributed by atoms with Crippen molar-refractivity contribution in [2.24, 2.45) is 0 Å². The van der Waals surface area contributed by atoms with Gasteiger partial charge in [-0.3, -0.25) is 0 Å². The van der Waals surface area contributed by atoms with E-state index in [4.69, 9.17) is 0 Å². The molecule has 0 spiro atoms. The first-order valence-corrected chi connectivity index (χ1v) is 5.74. The van der Waals surface area contributed by atoms with E-state index in [0.29, 0.717) is 5.92 Å². The van der Waals surface area contributed by atoms with Gasteiger partial charge in [0.15, 0.2) is 0 Å². The van der Waals surface area contributed by atoms with Crippen LogP contribution >= 0.6 is 0 Å². The maximum Gasteiger partial charge on any atom is 0.119 e. The molecule has 0 radical (unpaired) electrons. The molecule has 0 amide bonds. The molecule has 0 aliphatic rings. The van der Waals surface area contributed by atoms with Gasteiger partial charge in [0.1, 0.15) is 5.75 Å². The molecule has 1 rings (SSSR count). The van der Waals surface area contributed by atoms with E-state index < -0.39 is 5.41 Å². The maximum atomic E-state index is 9.95. The highest BCUT2D eigenvalue weighted by Gasteiger charge is 2.24. The molecule has 2 heteroatoms. The van der Waals surface area contributed by atoms with Gasteiger partial charge in [0.05, 0.1) is 6.61 Å². The van der Waals surface area contributed by atoms with E-state index in [0.717, 1.165) is 11.1 Å². The van der Waals surface area contributed by atoms with Gasteiger partial charge in [-0.25, -0.2) is 0 Å². The van der Waals surface area contributed by atoms with Crippen molar-refractivity contribution in [3.8, 4) is 5.75 Å².